The van der Waals surface area contributed by atoms with Crippen molar-refractivity contribution in [3.63, 3.8) is 0 Å². The maximum Gasteiger partial charge on any atom is 0.274 e. The van der Waals surface area contributed by atoms with Gasteiger partial charge in [-0.2, -0.15) is 0 Å². The fourth-order valence-electron chi connectivity index (χ4n) is 2.94. The Morgan fingerprint density at radius 1 is 1.04 bits per heavy atom. The van der Waals surface area contributed by atoms with Crippen molar-refractivity contribution in [2.24, 2.45) is 0 Å². The number of aryl methyl sites for hydroxylation is 1. The topological polar surface area (TPSA) is 87.1 Å². The number of rotatable bonds is 5. The van der Waals surface area contributed by atoms with Crippen LogP contribution in [0.4, 0.5) is 5.95 Å². The zero-order chi connectivity index (χ0) is 18.4. The zero-order valence-corrected chi connectivity index (χ0v) is 15.4. The first-order chi connectivity index (χ1) is 12.7. The van der Waals surface area contributed by atoms with Crippen LogP contribution >= 0.6 is 0 Å². The summed E-state index contributed by atoms with van der Waals surface area (Å²) in [5.74, 6) is 0.612. The van der Waals surface area contributed by atoms with Gasteiger partial charge >= 0.3 is 0 Å². The minimum atomic E-state index is -0.0438. The minimum absolute atomic E-state index is 0.0438. The molecule has 0 bridgehead atoms. The molecule has 138 valence electrons. The van der Waals surface area contributed by atoms with Crippen LogP contribution in [0.25, 0.3) is 0 Å². The molecule has 0 radical (unpaired) electrons. The van der Waals surface area contributed by atoms with Crippen molar-refractivity contribution in [1.82, 2.24) is 29.7 Å². The van der Waals surface area contributed by atoms with Gasteiger partial charge in [-0.15, -0.1) is 0 Å². The third kappa shape index (κ3) is 4.72. The van der Waals surface area contributed by atoms with Gasteiger partial charge in [-0.1, -0.05) is 0 Å². The van der Waals surface area contributed by atoms with Gasteiger partial charge in [0.25, 0.3) is 5.91 Å². The van der Waals surface area contributed by atoms with Gasteiger partial charge in [0.05, 0.1) is 11.9 Å². The Bertz CT molecular complexity index is 717. The van der Waals surface area contributed by atoms with Crippen molar-refractivity contribution >= 4 is 11.9 Å². The van der Waals surface area contributed by atoms with E-state index in [1.165, 1.54) is 0 Å². The number of nitrogens with one attached hydrogen (secondary N) is 1. The summed E-state index contributed by atoms with van der Waals surface area (Å²) in [5, 5.41) is 3.09. The Labute approximate surface area is 153 Å². The molecule has 26 heavy (non-hydrogen) atoms. The first-order valence-electron chi connectivity index (χ1n) is 9.01. The highest BCUT2D eigenvalue weighted by molar-refractivity contribution is 5.92. The first-order valence-corrected chi connectivity index (χ1v) is 9.01. The van der Waals surface area contributed by atoms with Crippen LogP contribution in [0.1, 0.15) is 35.1 Å². The molecule has 3 rings (SSSR count). The third-order valence-corrected chi connectivity index (χ3v) is 4.32. The number of aromatic nitrogens is 4. The Hall–Kier alpha value is -2.61. The lowest BCUT2D eigenvalue weighted by Gasteiger charge is -2.21. The molecule has 1 amide bonds. The van der Waals surface area contributed by atoms with E-state index in [0.717, 1.165) is 50.4 Å². The molecule has 0 aromatic carbocycles. The van der Waals surface area contributed by atoms with E-state index in [-0.39, 0.29) is 5.91 Å². The lowest BCUT2D eigenvalue weighted by Crippen LogP contribution is -2.35. The van der Waals surface area contributed by atoms with Gasteiger partial charge in [-0.25, -0.2) is 15.0 Å². The number of nitrogens with zero attached hydrogens (tertiary/aromatic N) is 6. The van der Waals surface area contributed by atoms with E-state index >= 15 is 0 Å². The van der Waals surface area contributed by atoms with Crippen LogP contribution in [-0.4, -0.2) is 68.4 Å². The van der Waals surface area contributed by atoms with Crippen molar-refractivity contribution < 1.29 is 4.79 Å². The van der Waals surface area contributed by atoms with Crippen LogP contribution < -0.4 is 5.32 Å². The van der Waals surface area contributed by atoms with Crippen LogP contribution in [0.2, 0.25) is 0 Å². The number of anilines is 1. The highest BCUT2D eigenvalue weighted by atomic mass is 16.2. The molecule has 1 N–H and O–H groups in total. The molecule has 0 spiro atoms. The van der Waals surface area contributed by atoms with Gasteiger partial charge in [-0.3, -0.25) is 14.7 Å². The molecule has 0 aliphatic carbocycles. The molecule has 8 nitrogen and oxygen atoms in total. The maximum atomic E-state index is 12.6. The van der Waals surface area contributed by atoms with Gasteiger partial charge in [0.1, 0.15) is 5.69 Å². The van der Waals surface area contributed by atoms with E-state index in [2.05, 4.69) is 30.2 Å². The van der Waals surface area contributed by atoms with Crippen molar-refractivity contribution in [2.45, 2.75) is 26.8 Å². The number of amides is 1. The zero-order valence-electron chi connectivity index (χ0n) is 15.4. The Morgan fingerprint density at radius 3 is 2.54 bits per heavy atom. The molecule has 0 atom stereocenters. The molecule has 1 saturated heterocycles. The summed E-state index contributed by atoms with van der Waals surface area (Å²) in [4.78, 5) is 33.8. The van der Waals surface area contributed by atoms with E-state index in [4.69, 9.17) is 0 Å². The van der Waals surface area contributed by atoms with Crippen LogP contribution in [0.3, 0.4) is 0 Å². The third-order valence-electron chi connectivity index (χ3n) is 4.32. The SMILES string of the molecule is CCNc1ncc(CN2CCCN(C(=O)c3cnc(C)cn3)CC2)cn1. The van der Waals surface area contributed by atoms with Crippen molar-refractivity contribution in [3.8, 4) is 0 Å². The molecule has 0 saturated carbocycles. The second-order valence-electron chi connectivity index (χ2n) is 6.41. The second-order valence-corrected chi connectivity index (χ2v) is 6.41. The molecule has 3 heterocycles. The van der Waals surface area contributed by atoms with Crippen molar-refractivity contribution in [3.05, 3.63) is 41.7 Å². The predicted molar refractivity (Wildman–Crippen MR) is 98.8 cm³/mol. The molecular formula is C18H25N7O. The molecule has 1 aliphatic rings. The molecule has 0 unspecified atom stereocenters. The fourth-order valence-corrected chi connectivity index (χ4v) is 2.94. The van der Waals surface area contributed by atoms with Crippen LogP contribution in [0.5, 0.6) is 0 Å². The highest BCUT2D eigenvalue weighted by Crippen LogP contribution is 2.11. The molecule has 8 heteroatoms. The molecular weight excluding hydrogens is 330 g/mol. The average Bonchev–Trinajstić information content (AvgIpc) is 2.89. The first kappa shape index (κ1) is 18.2. The number of carbonyl (C=O) groups is 1. The van der Waals surface area contributed by atoms with Gasteiger partial charge < -0.3 is 10.2 Å². The second kappa shape index (κ2) is 8.66. The Balaban J connectivity index is 1.56. The average molecular weight is 355 g/mol. The summed E-state index contributed by atoms with van der Waals surface area (Å²) in [7, 11) is 0. The number of carbonyl (C=O) groups excluding carboxylic acids is 1. The summed E-state index contributed by atoms with van der Waals surface area (Å²) in [5.41, 5.74) is 2.30. The molecule has 2 aromatic heterocycles. The van der Waals surface area contributed by atoms with E-state index in [9.17, 15) is 4.79 Å². The van der Waals surface area contributed by atoms with Gasteiger partial charge in [0.15, 0.2) is 0 Å². The van der Waals surface area contributed by atoms with Gasteiger partial charge in [0, 0.05) is 63.4 Å². The monoisotopic (exact) mass is 355 g/mol. The Morgan fingerprint density at radius 2 is 1.85 bits per heavy atom. The number of hydrogen-bond donors (Lipinski definition) is 1. The fraction of sp³-hybridized carbons (Fsp3) is 0.500. The molecule has 2 aromatic rings. The van der Waals surface area contributed by atoms with Crippen molar-refractivity contribution in [1.29, 1.82) is 0 Å². The van der Waals surface area contributed by atoms with E-state index in [1.54, 1.807) is 12.4 Å². The van der Waals surface area contributed by atoms with Gasteiger partial charge in [-0.05, 0) is 20.3 Å². The summed E-state index contributed by atoms with van der Waals surface area (Å²) in [6.07, 6.45) is 7.85. The summed E-state index contributed by atoms with van der Waals surface area (Å²) in [6, 6.07) is 0. The van der Waals surface area contributed by atoms with Gasteiger partial charge in [0.2, 0.25) is 5.95 Å². The van der Waals surface area contributed by atoms with Crippen LogP contribution in [-0.2, 0) is 6.54 Å². The summed E-state index contributed by atoms with van der Waals surface area (Å²) >= 11 is 0. The lowest BCUT2D eigenvalue weighted by molar-refractivity contribution is 0.0754. The van der Waals surface area contributed by atoms with Crippen LogP contribution in [0.15, 0.2) is 24.8 Å². The summed E-state index contributed by atoms with van der Waals surface area (Å²) in [6.45, 7) is 8.66. The van der Waals surface area contributed by atoms with E-state index < -0.39 is 0 Å². The lowest BCUT2D eigenvalue weighted by atomic mass is 10.3. The quantitative estimate of drug-likeness (QED) is 0.866. The molecule has 1 aliphatic heterocycles. The van der Waals surface area contributed by atoms with E-state index in [1.807, 2.05) is 31.1 Å². The van der Waals surface area contributed by atoms with E-state index in [0.29, 0.717) is 18.2 Å². The largest absolute Gasteiger partial charge is 0.355 e. The van der Waals surface area contributed by atoms with Crippen molar-refractivity contribution in [2.75, 3.05) is 38.0 Å². The smallest absolute Gasteiger partial charge is 0.274 e. The minimum Gasteiger partial charge on any atom is -0.355 e. The standard InChI is InChI=1S/C18H25N7O/c1-3-19-18-22-10-15(11-23-18)13-24-5-4-6-25(8-7-24)17(26)16-12-20-14(2)9-21-16/h9-12H,3-8,13H2,1-2H3,(H,19,22,23). The summed E-state index contributed by atoms with van der Waals surface area (Å²) < 4.78 is 0. The number of hydrogen-bond acceptors (Lipinski definition) is 7. The predicted octanol–water partition coefficient (Wildman–Crippen LogP) is 1.35. The maximum absolute atomic E-state index is 12.6. The van der Waals surface area contributed by atoms with Crippen LogP contribution in [0, 0.1) is 6.92 Å². The Kier molecular flexibility index (Phi) is 6.06. The molecule has 1 fully saturated rings. The highest BCUT2D eigenvalue weighted by Gasteiger charge is 2.21. The normalized spacial score (nSPS) is 15.5.